The van der Waals surface area contributed by atoms with Gasteiger partial charge in [-0.1, -0.05) is 12.1 Å². The number of nitrogens with zero attached hydrogens (tertiary/aromatic N) is 1. The quantitative estimate of drug-likeness (QED) is 0.601. The topological polar surface area (TPSA) is 89.7 Å². The number of nitrogens with two attached hydrogens (primary N) is 1. The highest BCUT2D eigenvalue weighted by Gasteiger charge is 2.20. The minimum absolute atomic E-state index is 0.00275. The van der Waals surface area contributed by atoms with E-state index in [4.69, 9.17) is 10.5 Å². The van der Waals surface area contributed by atoms with Crippen LogP contribution in [0.1, 0.15) is 33.3 Å². The molecule has 164 valence electrons. The van der Waals surface area contributed by atoms with Crippen molar-refractivity contribution in [2.75, 3.05) is 29.6 Å². The third kappa shape index (κ3) is 6.73. The van der Waals surface area contributed by atoms with Crippen molar-refractivity contribution in [2.24, 2.45) is 5.73 Å². The fourth-order valence-electron chi connectivity index (χ4n) is 2.99. The maximum absolute atomic E-state index is 13.2. The molecule has 2 aromatic rings. The number of amides is 2. The van der Waals surface area contributed by atoms with Gasteiger partial charge in [0.15, 0.2) is 6.61 Å². The summed E-state index contributed by atoms with van der Waals surface area (Å²) in [6, 6.07) is 12.4. The zero-order valence-electron chi connectivity index (χ0n) is 16.8. The van der Waals surface area contributed by atoms with Gasteiger partial charge in [-0.2, -0.15) is 0 Å². The van der Waals surface area contributed by atoms with Crippen molar-refractivity contribution in [1.29, 1.82) is 0 Å². The summed E-state index contributed by atoms with van der Waals surface area (Å²) >= 11 is 3.79. The molecule has 2 aromatic carbocycles. The molecule has 3 rings (SSSR count). The van der Waals surface area contributed by atoms with Crippen LogP contribution in [0.4, 0.5) is 10.1 Å². The Hall–Kier alpha value is -2.52. The second kappa shape index (κ2) is 11.2. The molecule has 0 bridgehead atoms. The minimum Gasteiger partial charge on any atom is -0.452 e. The fourth-order valence-corrected chi connectivity index (χ4v) is 5.88. The van der Waals surface area contributed by atoms with Crippen molar-refractivity contribution in [1.82, 2.24) is 0 Å². The first kappa shape index (κ1) is 23.1. The maximum atomic E-state index is 13.2. The Labute approximate surface area is 188 Å². The number of hydrogen-bond donors (Lipinski definition) is 1. The zero-order valence-corrected chi connectivity index (χ0v) is 18.4. The SMILES string of the molecule is NC(=O)CCN(C(=O)COC(=O)c1ccc(C2SCCCS2)cc1)c1ccc(F)cc1. The van der Waals surface area contributed by atoms with Gasteiger partial charge in [-0.05, 0) is 59.9 Å². The second-order valence-corrected chi connectivity index (χ2v) is 9.59. The first-order chi connectivity index (χ1) is 14.9. The summed E-state index contributed by atoms with van der Waals surface area (Å²) in [6.07, 6.45) is 1.13. The average Bonchev–Trinajstić information content (AvgIpc) is 2.79. The molecule has 2 amide bonds. The van der Waals surface area contributed by atoms with Crippen LogP contribution in [-0.2, 0) is 14.3 Å². The van der Waals surface area contributed by atoms with Crippen molar-refractivity contribution in [3.63, 3.8) is 0 Å². The number of primary amides is 1. The zero-order chi connectivity index (χ0) is 22.2. The monoisotopic (exact) mass is 462 g/mol. The van der Waals surface area contributed by atoms with Gasteiger partial charge >= 0.3 is 5.97 Å². The molecular formula is C22H23FN2O4S2. The lowest BCUT2D eigenvalue weighted by molar-refractivity contribution is -0.121. The highest BCUT2D eigenvalue weighted by Crippen LogP contribution is 2.43. The van der Waals surface area contributed by atoms with Gasteiger partial charge in [-0.3, -0.25) is 9.59 Å². The van der Waals surface area contributed by atoms with Gasteiger partial charge in [0.1, 0.15) is 5.82 Å². The molecule has 0 unspecified atom stereocenters. The molecule has 1 fully saturated rings. The van der Waals surface area contributed by atoms with Crippen LogP contribution in [0.25, 0.3) is 0 Å². The van der Waals surface area contributed by atoms with E-state index in [1.165, 1.54) is 35.6 Å². The molecule has 9 heteroatoms. The molecule has 0 radical (unpaired) electrons. The molecule has 0 aliphatic carbocycles. The molecule has 0 saturated carbocycles. The van der Waals surface area contributed by atoms with E-state index in [1.54, 1.807) is 12.1 Å². The van der Waals surface area contributed by atoms with Gasteiger partial charge in [-0.15, -0.1) is 23.5 Å². The molecule has 0 spiro atoms. The predicted octanol–water partition coefficient (Wildman–Crippen LogP) is 3.76. The van der Waals surface area contributed by atoms with Crippen LogP contribution >= 0.6 is 23.5 Å². The number of benzene rings is 2. The molecule has 1 saturated heterocycles. The van der Waals surface area contributed by atoms with E-state index < -0.39 is 30.2 Å². The van der Waals surface area contributed by atoms with E-state index in [9.17, 15) is 18.8 Å². The molecular weight excluding hydrogens is 439 g/mol. The number of ether oxygens (including phenoxy) is 1. The molecule has 2 N–H and O–H groups in total. The number of halogens is 1. The Morgan fingerprint density at radius 2 is 1.68 bits per heavy atom. The number of carbonyl (C=O) groups is 3. The van der Waals surface area contributed by atoms with E-state index in [0.717, 1.165) is 17.1 Å². The van der Waals surface area contributed by atoms with Crippen LogP contribution in [-0.4, -0.2) is 42.4 Å². The summed E-state index contributed by atoms with van der Waals surface area (Å²) in [5, 5.41) is 0. The predicted molar refractivity (Wildman–Crippen MR) is 122 cm³/mol. The van der Waals surface area contributed by atoms with E-state index in [0.29, 0.717) is 15.8 Å². The molecule has 1 heterocycles. The summed E-state index contributed by atoms with van der Waals surface area (Å²) in [7, 11) is 0. The van der Waals surface area contributed by atoms with Crippen LogP contribution in [0.15, 0.2) is 48.5 Å². The van der Waals surface area contributed by atoms with Gasteiger partial charge in [0.05, 0.1) is 10.1 Å². The Morgan fingerprint density at radius 3 is 2.29 bits per heavy atom. The number of hydrogen-bond acceptors (Lipinski definition) is 6. The molecule has 1 aliphatic rings. The molecule has 6 nitrogen and oxygen atoms in total. The van der Waals surface area contributed by atoms with Crippen molar-refractivity contribution < 1.29 is 23.5 Å². The number of esters is 1. The first-order valence-electron chi connectivity index (χ1n) is 9.78. The van der Waals surface area contributed by atoms with Crippen LogP contribution in [0.5, 0.6) is 0 Å². The van der Waals surface area contributed by atoms with Crippen molar-refractivity contribution in [2.45, 2.75) is 17.4 Å². The largest absolute Gasteiger partial charge is 0.452 e. The van der Waals surface area contributed by atoms with Crippen molar-refractivity contribution in [3.05, 3.63) is 65.5 Å². The highest BCUT2D eigenvalue weighted by atomic mass is 32.2. The molecule has 0 atom stereocenters. The fraction of sp³-hybridized carbons (Fsp3) is 0.318. The standard InChI is InChI=1S/C22H23FN2O4S2/c23-17-6-8-18(9-7-17)25(11-10-19(24)26)20(27)14-29-21(28)15-2-4-16(5-3-15)22-30-12-1-13-31-22/h2-9,22H,1,10-14H2,(H2,24,26). The summed E-state index contributed by atoms with van der Waals surface area (Å²) < 4.78 is 18.8. The van der Waals surface area contributed by atoms with Gasteiger partial charge in [0, 0.05) is 18.7 Å². The summed E-state index contributed by atoms with van der Waals surface area (Å²) in [5.74, 6) is 0.0798. The smallest absolute Gasteiger partial charge is 0.338 e. The number of thioether (sulfide) groups is 2. The van der Waals surface area contributed by atoms with Gasteiger partial charge < -0.3 is 15.4 Å². The van der Waals surface area contributed by atoms with Crippen LogP contribution in [0, 0.1) is 5.82 Å². The average molecular weight is 463 g/mol. The number of carbonyl (C=O) groups excluding carboxylic acids is 3. The Kier molecular flexibility index (Phi) is 8.36. The van der Waals surface area contributed by atoms with E-state index in [1.807, 2.05) is 35.7 Å². The van der Waals surface area contributed by atoms with E-state index in [2.05, 4.69) is 0 Å². The lowest BCUT2D eigenvalue weighted by Gasteiger charge is -2.22. The summed E-state index contributed by atoms with van der Waals surface area (Å²) in [6.45, 7) is -0.506. The van der Waals surface area contributed by atoms with Gasteiger partial charge in [0.25, 0.3) is 5.91 Å². The summed E-state index contributed by atoms with van der Waals surface area (Å²) in [4.78, 5) is 37.4. The van der Waals surface area contributed by atoms with Crippen LogP contribution in [0.2, 0.25) is 0 Å². The number of rotatable bonds is 8. The van der Waals surface area contributed by atoms with E-state index >= 15 is 0 Å². The third-order valence-corrected chi connectivity index (χ3v) is 7.61. The van der Waals surface area contributed by atoms with E-state index in [-0.39, 0.29) is 13.0 Å². The Bertz CT molecular complexity index is 916. The summed E-state index contributed by atoms with van der Waals surface area (Å²) in [5.41, 5.74) is 7.07. The molecule has 31 heavy (non-hydrogen) atoms. The lowest BCUT2D eigenvalue weighted by Crippen LogP contribution is -2.37. The molecule has 1 aliphatic heterocycles. The van der Waals surface area contributed by atoms with Crippen molar-refractivity contribution >= 4 is 47.0 Å². The third-order valence-electron chi connectivity index (χ3n) is 4.59. The Morgan fingerprint density at radius 1 is 1.03 bits per heavy atom. The first-order valence-corrected chi connectivity index (χ1v) is 11.9. The number of anilines is 1. The van der Waals surface area contributed by atoms with Crippen molar-refractivity contribution in [3.8, 4) is 0 Å². The highest BCUT2D eigenvalue weighted by molar-refractivity contribution is 8.16. The van der Waals surface area contributed by atoms with Gasteiger partial charge in [0.2, 0.25) is 5.91 Å². The normalized spacial score (nSPS) is 14.1. The van der Waals surface area contributed by atoms with Gasteiger partial charge in [-0.25, -0.2) is 9.18 Å². The van der Waals surface area contributed by atoms with Crippen LogP contribution < -0.4 is 10.6 Å². The second-order valence-electron chi connectivity index (χ2n) is 6.86. The lowest BCUT2D eigenvalue weighted by atomic mass is 10.1. The Balaban J connectivity index is 1.60. The minimum atomic E-state index is -0.613. The molecule has 0 aromatic heterocycles. The van der Waals surface area contributed by atoms with Crippen LogP contribution in [0.3, 0.4) is 0 Å². The maximum Gasteiger partial charge on any atom is 0.338 e.